The molecule has 0 saturated carbocycles. The number of hydrogen-bond donors (Lipinski definition) is 1. The number of rotatable bonds is 5. The van der Waals surface area contributed by atoms with Crippen molar-refractivity contribution in [1.29, 1.82) is 0 Å². The molecule has 1 amide bonds. The van der Waals surface area contributed by atoms with E-state index in [9.17, 15) is 13.2 Å². The summed E-state index contributed by atoms with van der Waals surface area (Å²) in [6.07, 6.45) is 2.07. The Kier molecular flexibility index (Phi) is 6.09. The summed E-state index contributed by atoms with van der Waals surface area (Å²) in [5.41, 5.74) is 4.94. The molecule has 164 valence electrons. The second-order valence-corrected chi connectivity index (χ2v) is 10.6. The van der Waals surface area contributed by atoms with Crippen molar-refractivity contribution >= 4 is 15.9 Å². The number of carbonyl (C=O) groups is 1. The van der Waals surface area contributed by atoms with Crippen LogP contribution in [0.1, 0.15) is 59.1 Å². The Morgan fingerprint density at radius 1 is 1.03 bits per heavy atom. The molecule has 0 aliphatic heterocycles. The maximum absolute atomic E-state index is 13.1. The summed E-state index contributed by atoms with van der Waals surface area (Å²) >= 11 is 0. The zero-order valence-electron chi connectivity index (χ0n) is 18.9. The molecule has 0 radical (unpaired) electrons. The monoisotopic (exact) mass is 439 g/mol. The van der Waals surface area contributed by atoms with Crippen LogP contribution in [-0.4, -0.2) is 24.1 Å². The van der Waals surface area contributed by atoms with Gasteiger partial charge in [-0.2, -0.15) is 5.10 Å². The average molecular weight is 440 g/mol. The van der Waals surface area contributed by atoms with E-state index in [1.54, 1.807) is 29.1 Å². The van der Waals surface area contributed by atoms with Gasteiger partial charge >= 0.3 is 0 Å². The fraction of sp³-hybridized carbons (Fsp3) is 0.333. The van der Waals surface area contributed by atoms with Crippen molar-refractivity contribution in [2.45, 2.75) is 58.4 Å². The average Bonchev–Trinajstić information content (AvgIpc) is 3.09. The number of aromatic nitrogens is 2. The highest BCUT2D eigenvalue weighted by atomic mass is 32.2. The zero-order valence-corrected chi connectivity index (χ0v) is 19.7. The first kappa shape index (κ1) is 22.7. The molecule has 31 heavy (non-hydrogen) atoms. The van der Waals surface area contributed by atoms with E-state index in [0.29, 0.717) is 12.1 Å². The van der Waals surface area contributed by atoms with Gasteiger partial charge < -0.3 is 0 Å². The molecule has 0 aliphatic rings. The summed E-state index contributed by atoms with van der Waals surface area (Å²) in [5, 5.41) is 4.67. The molecule has 3 aromatic rings. The van der Waals surface area contributed by atoms with Gasteiger partial charge in [0, 0.05) is 12.6 Å². The lowest BCUT2D eigenvalue weighted by atomic mass is 9.95. The molecule has 0 unspecified atom stereocenters. The minimum Gasteiger partial charge on any atom is -0.268 e. The van der Waals surface area contributed by atoms with Gasteiger partial charge in [-0.05, 0) is 70.4 Å². The minimum atomic E-state index is -3.98. The van der Waals surface area contributed by atoms with Crippen LogP contribution >= 0.6 is 0 Å². The molecule has 7 heteroatoms. The Labute approximate surface area is 184 Å². The smallest absolute Gasteiger partial charge is 0.268 e. The highest BCUT2D eigenvalue weighted by Crippen LogP contribution is 2.24. The van der Waals surface area contributed by atoms with E-state index in [1.807, 2.05) is 41.5 Å². The second-order valence-electron chi connectivity index (χ2n) is 8.91. The summed E-state index contributed by atoms with van der Waals surface area (Å²) in [6, 6.07) is 12.1. The molecule has 0 bridgehead atoms. The fourth-order valence-electron chi connectivity index (χ4n) is 3.57. The van der Waals surface area contributed by atoms with Gasteiger partial charge in [0.2, 0.25) is 0 Å². The van der Waals surface area contributed by atoms with E-state index in [1.165, 1.54) is 17.7 Å². The van der Waals surface area contributed by atoms with Gasteiger partial charge in [-0.25, -0.2) is 13.1 Å². The second kappa shape index (κ2) is 8.30. The molecule has 2 aromatic carbocycles. The normalized spacial score (nSPS) is 12.1. The van der Waals surface area contributed by atoms with Crippen molar-refractivity contribution in [2.24, 2.45) is 0 Å². The van der Waals surface area contributed by atoms with Crippen molar-refractivity contribution in [3.8, 4) is 0 Å². The third-order valence-corrected chi connectivity index (χ3v) is 6.53. The minimum absolute atomic E-state index is 0.0401. The van der Waals surface area contributed by atoms with Crippen molar-refractivity contribution in [2.75, 3.05) is 0 Å². The number of nitrogens with zero attached hydrogens (tertiary/aromatic N) is 2. The molecular weight excluding hydrogens is 410 g/mol. The summed E-state index contributed by atoms with van der Waals surface area (Å²) in [6.45, 7) is 12.1. The molecule has 0 aliphatic carbocycles. The summed E-state index contributed by atoms with van der Waals surface area (Å²) < 4.78 is 29.3. The van der Waals surface area contributed by atoms with Gasteiger partial charge in [0.25, 0.3) is 15.9 Å². The van der Waals surface area contributed by atoms with Gasteiger partial charge in [0.15, 0.2) is 0 Å². The van der Waals surface area contributed by atoms with Crippen LogP contribution in [-0.2, 0) is 22.0 Å². The highest BCUT2D eigenvalue weighted by molar-refractivity contribution is 7.90. The number of sulfonamides is 1. The van der Waals surface area contributed by atoms with Gasteiger partial charge in [0.1, 0.15) is 0 Å². The van der Waals surface area contributed by atoms with E-state index in [4.69, 9.17) is 0 Å². The van der Waals surface area contributed by atoms with E-state index < -0.39 is 15.9 Å². The van der Waals surface area contributed by atoms with Crippen molar-refractivity contribution < 1.29 is 13.2 Å². The SMILES string of the molecule is Cc1cc(C)c(Cc2nn(C(C)(C)C)cc2C(=O)NS(=O)(=O)c2ccccc2)c(C)c1. The topological polar surface area (TPSA) is 81.1 Å². The van der Waals surface area contributed by atoms with E-state index in [2.05, 4.69) is 22.0 Å². The number of amides is 1. The molecule has 3 rings (SSSR count). The Hall–Kier alpha value is -2.93. The molecule has 6 nitrogen and oxygen atoms in total. The van der Waals surface area contributed by atoms with Crippen molar-refractivity contribution in [3.05, 3.63) is 82.2 Å². The lowest BCUT2D eigenvalue weighted by Gasteiger charge is -2.19. The third kappa shape index (κ3) is 5.05. The number of nitrogens with one attached hydrogen (secondary N) is 1. The Bertz CT molecular complexity index is 1200. The van der Waals surface area contributed by atoms with E-state index in [-0.39, 0.29) is 16.0 Å². The van der Waals surface area contributed by atoms with Crippen LogP contribution in [0.5, 0.6) is 0 Å². The maximum Gasteiger partial charge on any atom is 0.268 e. The van der Waals surface area contributed by atoms with Crippen LogP contribution in [0, 0.1) is 20.8 Å². The molecule has 0 saturated heterocycles. The summed E-state index contributed by atoms with van der Waals surface area (Å²) in [4.78, 5) is 13.1. The van der Waals surface area contributed by atoms with Gasteiger partial charge in [-0.3, -0.25) is 9.48 Å². The largest absolute Gasteiger partial charge is 0.268 e. The third-order valence-electron chi connectivity index (χ3n) is 5.19. The Morgan fingerprint density at radius 2 is 1.61 bits per heavy atom. The lowest BCUT2D eigenvalue weighted by Crippen LogP contribution is -2.31. The molecule has 1 aromatic heterocycles. The van der Waals surface area contributed by atoms with Crippen LogP contribution in [0.4, 0.5) is 0 Å². The first-order valence-electron chi connectivity index (χ1n) is 10.2. The molecule has 1 heterocycles. The van der Waals surface area contributed by atoms with Crippen molar-refractivity contribution in [3.63, 3.8) is 0 Å². The standard InChI is InChI=1S/C24H29N3O3S/c1-16-12-17(2)20(18(3)13-16)14-22-21(15-27(25-22)24(4,5)6)23(28)26-31(29,30)19-10-8-7-9-11-19/h7-13,15H,14H2,1-6H3,(H,26,28). The molecule has 0 spiro atoms. The summed E-state index contributed by atoms with van der Waals surface area (Å²) in [7, 11) is -3.98. The predicted molar refractivity (Wildman–Crippen MR) is 122 cm³/mol. The van der Waals surface area contributed by atoms with Crippen LogP contribution in [0.25, 0.3) is 0 Å². The molecule has 1 N–H and O–H groups in total. The van der Waals surface area contributed by atoms with Crippen LogP contribution in [0.3, 0.4) is 0 Å². The van der Waals surface area contributed by atoms with Gasteiger partial charge in [0.05, 0.1) is 21.7 Å². The van der Waals surface area contributed by atoms with Crippen LogP contribution < -0.4 is 4.72 Å². The Balaban J connectivity index is 2.02. The number of aryl methyl sites for hydroxylation is 3. The van der Waals surface area contributed by atoms with Gasteiger partial charge in [-0.15, -0.1) is 0 Å². The molecular formula is C24H29N3O3S. The molecule has 0 atom stereocenters. The maximum atomic E-state index is 13.1. The number of carbonyl (C=O) groups excluding carboxylic acids is 1. The molecule has 0 fully saturated rings. The van der Waals surface area contributed by atoms with Crippen LogP contribution in [0.2, 0.25) is 0 Å². The van der Waals surface area contributed by atoms with Crippen LogP contribution in [0.15, 0.2) is 53.6 Å². The fourth-order valence-corrected chi connectivity index (χ4v) is 4.55. The number of hydrogen-bond acceptors (Lipinski definition) is 4. The van der Waals surface area contributed by atoms with Crippen molar-refractivity contribution in [1.82, 2.24) is 14.5 Å². The first-order valence-corrected chi connectivity index (χ1v) is 11.6. The van der Waals surface area contributed by atoms with E-state index in [0.717, 1.165) is 16.7 Å². The van der Waals surface area contributed by atoms with Gasteiger partial charge in [-0.1, -0.05) is 35.9 Å². The summed E-state index contributed by atoms with van der Waals surface area (Å²) in [5.74, 6) is -0.684. The Morgan fingerprint density at radius 3 is 2.16 bits per heavy atom. The number of benzene rings is 2. The van der Waals surface area contributed by atoms with E-state index >= 15 is 0 Å². The predicted octanol–water partition coefficient (Wildman–Crippen LogP) is 4.27. The quantitative estimate of drug-likeness (QED) is 0.644. The highest BCUT2D eigenvalue weighted by Gasteiger charge is 2.26. The lowest BCUT2D eigenvalue weighted by molar-refractivity contribution is 0.0980. The zero-order chi connectivity index (χ0) is 23.0. The first-order chi connectivity index (χ1) is 14.4.